The molecule has 0 rings (SSSR count). The highest BCUT2D eigenvalue weighted by Gasteiger charge is 2.02. The zero-order valence-electron chi connectivity index (χ0n) is 5.24. The Bertz CT molecular complexity index is 215. The lowest BCUT2D eigenvalue weighted by Crippen LogP contribution is -2.79. The molecule has 0 unspecified atom stereocenters. The summed E-state index contributed by atoms with van der Waals surface area (Å²) in [5.41, 5.74) is 9.86. The molecule has 0 spiro atoms. The Morgan fingerprint density at radius 1 is 1.50 bits per heavy atom. The molecule has 6 N–H and O–H groups in total. The Hall–Kier alpha value is -0.820. The van der Waals surface area contributed by atoms with Gasteiger partial charge in [0.2, 0.25) is 0 Å². The largest absolute Gasteiger partial charge is 0.338 e. The highest BCUT2D eigenvalue weighted by atomic mass is 32.2. The number of nitrogens with one attached hydrogen (secondary N) is 1. The van der Waals surface area contributed by atoms with Crippen LogP contribution in [0.3, 0.4) is 0 Å². The van der Waals surface area contributed by atoms with Gasteiger partial charge in [0.15, 0.2) is 0 Å². The minimum Gasteiger partial charge on any atom is -0.291 e. The van der Waals surface area contributed by atoms with Gasteiger partial charge >= 0.3 is 5.96 Å². The third-order valence-corrected chi connectivity index (χ3v) is 1.41. The standard InChI is InChI=1S/C3H9N3O3S/c4-3(5)6-1-2-10(7,8)9/h1-2H2,(H4,4,5,6)(H,7,8,9)/p+1. The fraction of sp³-hybridized carbons (Fsp3) is 0.667. The summed E-state index contributed by atoms with van der Waals surface area (Å²) in [6, 6.07) is 0. The lowest BCUT2D eigenvalue weighted by molar-refractivity contribution is -0.453. The molecule has 0 aliphatic carbocycles. The normalized spacial score (nSPS) is 10.9. The van der Waals surface area contributed by atoms with Crippen molar-refractivity contribution in [2.24, 2.45) is 11.5 Å². The number of hydrogen-bond donors (Lipinski definition) is 4. The van der Waals surface area contributed by atoms with Gasteiger partial charge in [0.1, 0.15) is 5.75 Å². The van der Waals surface area contributed by atoms with E-state index in [0.29, 0.717) is 0 Å². The molecule has 0 aromatic carbocycles. The quantitative estimate of drug-likeness (QED) is 0.196. The van der Waals surface area contributed by atoms with Crippen molar-refractivity contribution < 1.29 is 18.0 Å². The second kappa shape index (κ2) is 3.37. The zero-order valence-corrected chi connectivity index (χ0v) is 6.06. The summed E-state index contributed by atoms with van der Waals surface area (Å²) < 4.78 is 28.2. The van der Waals surface area contributed by atoms with Crippen molar-refractivity contribution in [2.75, 3.05) is 12.3 Å². The average molecular weight is 168 g/mol. The molecular weight excluding hydrogens is 158 g/mol. The molecule has 0 fully saturated rings. The lowest BCUT2D eigenvalue weighted by Gasteiger charge is -1.89. The first-order valence-electron chi connectivity index (χ1n) is 2.49. The molecule has 0 saturated heterocycles. The second-order valence-corrected chi connectivity index (χ2v) is 3.24. The fourth-order valence-electron chi connectivity index (χ4n) is 0.324. The molecule has 0 radical (unpaired) electrons. The average Bonchev–Trinajstić information content (AvgIpc) is 1.59. The van der Waals surface area contributed by atoms with Crippen molar-refractivity contribution in [1.82, 2.24) is 0 Å². The van der Waals surface area contributed by atoms with Crippen molar-refractivity contribution >= 4 is 16.1 Å². The molecule has 0 heterocycles. The minimum atomic E-state index is -3.91. The number of hydrogen-bond acceptors (Lipinski definition) is 2. The maximum Gasteiger partial charge on any atom is 0.338 e. The summed E-state index contributed by atoms with van der Waals surface area (Å²) in [5, 5.41) is 0. The van der Waals surface area contributed by atoms with Crippen molar-refractivity contribution in [3.8, 4) is 0 Å². The first kappa shape index (κ1) is 9.18. The molecule has 10 heavy (non-hydrogen) atoms. The SMILES string of the molecule is NC(N)=[NH+]CCS(=O)(=O)O. The highest BCUT2D eigenvalue weighted by molar-refractivity contribution is 7.85. The molecule has 7 heteroatoms. The molecule has 0 atom stereocenters. The Kier molecular flexibility index (Phi) is 3.10. The van der Waals surface area contributed by atoms with Crippen LogP contribution in [0.5, 0.6) is 0 Å². The minimum absolute atomic E-state index is 0.0150. The Morgan fingerprint density at radius 2 is 2.00 bits per heavy atom. The van der Waals surface area contributed by atoms with E-state index in [1.54, 1.807) is 0 Å². The maximum atomic E-state index is 10.0. The van der Waals surface area contributed by atoms with Crippen LogP contribution >= 0.6 is 0 Å². The van der Waals surface area contributed by atoms with E-state index < -0.39 is 15.9 Å². The first-order chi connectivity index (χ1) is 4.42. The lowest BCUT2D eigenvalue weighted by atomic mass is 10.8. The van der Waals surface area contributed by atoms with Gasteiger partial charge in [0.05, 0.1) is 6.54 Å². The van der Waals surface area contributed by atoms with Crippen LogP contribution in [0.2, 0.25) is 0 Å². The van der Waals surface area contributed by atoms with Crippen LogP contribution in [0.1, 0.15) is 0 Å². The number of nitrogens with two attached hydrogens (primary N) is 2. The molecule has 60 valence electrons. The van der Waals surface area contributed by atoms with Crippen molar-refractivity contribution in [2.45, 2.75) is 0 Å². The topological polar surface area (TPSA) is 120 Å². The molecule has 0 bridgehead atoms. The maximum absolute atomic E-state index is 10.0. The molecular formula is C3H10N3O3S+. The molecule has 0 aromatic heterocycles. The predicted octanol–water partition coefficient (Wildman–Crippen LogP) is -3.77. The van der Waals surface area contributed by atoms with Crippen LogP contribution in [0.4, 0.5) is 0 Å². The van der Waals surface area contributed by atoms with E-state index in [1.165, 1.54) is 0 Å². The van der Waals surface area contributed by atoms with Crippen LogP contribution in [-0.2, 0) is 10.1 Å². The van der Waals surface area contributed by atoms with Gasteiger partial charge in [-0.05, 0) is 0 Å². The van der Waals surface area contributed by atoms with E-state index >= 15 is 0 Å². The summed E-state index contributed by atoms with van der Waals surface area (Å²) in [6.45, 7) is 0.0150. The van der Waals surface area contributed by atoms with Gasteiger partial charge in [0.25, 0.3) is 10.1 Å². The van der Waals surface area contributed by atoms with E-state index in [2.05, 4.69) is 4.99 Å². The monoisotopic (exact) mass is 168 g/mol. The Morgan fingerprint density at radius 3 is 2.30 bits per heavy atom. The third-order valence-electron chi connectivity index (χ3n) is 0.689. The van der Waals surface area contributed by atoms with E-state index in [0.717, 1.165) is 0 Å². The predicted molar refractivity (Wildman–Crippen MR) is 35.6 cm³/mol. The molecule has 0 aliphatic rings. The van der Waals surface area contributed by atoms with Crippen LogP contribution in [0.15, 0.2) is 0 Å². The summed E-state index contributed by atoms with van der Waals surface area (Å²) in [5.74, 6) is -0.464. The molecule has 0 aliphatic heterocycles. The van der Waals surface area contributed by atoms with Gasteiger partial charge in [-0.1, -0.05) is 0 Å². The van der Waals surface area contributed by atoms with Crippen LogP contribution < -0.4 is 16.5 Å². The van der Waals surface area contributed by atoms with Gasteiger partial charge in [0, 0.05) is 0 Å². The van der Waals surface area contributed by atoms with Gasteiger partial charge in [-0.15, -0.1) is 0 Å². The van der Waals surface area contributed by atoms with Gasteiger partial charge in [-0.2, -0.15) is 8.42 Å². The zero-order chi connectivity index (χ0) is 8.20. The van der Waals surface area contributed by atoms with Crippen molar-refractivity contribution in [3.63, 3.8) is 0 Å². The van der Waals surface area contributed by atoms with E-state index in [4.69, 9.17) is 16.0 Å². The first-order valence-corrected chi connectivity index (χ1v) is 4.09. The van der Waals surface area contributed by atoms with Gasteiger partial charge < -0.3 is 0 Å². The number of rotatable bonds is 3. The second-order valence-electron chi connectivity index (χ2n) is 1.67. The number of guanidine groups is 1. The van der Waals surface area contributed by atoms with Crippen LogP contribution in [-0.4, -0.2) is 31.2 Å². The van der Waals surface area contributed by atoms with Crippen molar-refractivity contribution in [3.05, 3.63) is 0 Å². The van der Waals surface area contributed by atoms with Gasteiger partial charge in [-0.25, -0.2) is 0 Å². The fourth-order valence-corrected chi connectivity index (χ4v) is 0.684. The highest BCUT2D eigenvalue weighted by Crippen LogP contribution is 1.74. The molecule has 0 saturated carbocycles. The van der Waals surface area contributed by atoms with Crippen LogP contribution in [0, 0.1) is 0 Å². The van der Waals surface area contributed by atoms with E-state index in [-0.39, 0.29) is 12.5 Å². The third kappa shape index (κ3) is 7.18. The Balaban J connectivity index is 3.69. The Labute approximate surface area is 58.7 Å². The van der Waals surface area contributed by atoms with E-state index in [9.17, 15) is 8.42 Å². The molecule has 0 amide bonds. The smallest absolute Gasteiger partial charge is 0.291 e. The summed E-state index contributed by atoms with van der Waals surface area (Å²) in [7, 11) is -3.91. The van der Waals surface area contributed by atoms with Crippen molar-refractivity contribution in [1.29, 1.82) is 0 Å². The van der Waals surface area contributed by atoms with Crippen LogP contribution in [0.25, 0.3) is 0 Å². The summed E-state index contributed by atoms with van der Waals surface area (Å²) >= 11 is 0. The molecule has 0 aromatic rings. The van der Waals surface area contributed by atoms with E-state index in [1.807, 2.05) is 0 Å². The summed E-state index contributed by atoms with van der Waals surface area (Å²) in [6.07, 6.45) is 0. The molecule has 6 nitrogen and oxygen atoms in total. The van der Waals surface area contributed by atoms with Gasteiger partial charge in [-0.3, -0.25) is 21.0 Å². The summed E-state index contributed by atoms with van der Waals surface area (Å²) in [4.78, 5) is 2.34.